The van der Waals surface area contributed by atoms with Gasteiger partial charge >= 0.3 is 0 Å². The molecule has 2 heterocycles. The molecule has 28 heavy (non-hydrogen) atoms. The van der Waals surface area contributed by atoms with Crippen LogP contribution in [0.1, 0.15) is 5.56 Å². The molecule has 0 aliphatic carbocycles. The third-order valence-electron chi connectivity index (χ3n) is 5.76. The van der Waals surface area contributed by atoms with E-state index in [1.165, 1.54) is 5.56 Å². The lowest BCUT2D eigenvalue weighted by Gasteiger charge is -2.09. The predicted molar refractivity (Wildman–Crippen MR) is 118 cm³/mol. The molecule has 4 aromatic carbocycles. The smallest absolute Gasteiger partial charge is 0.263 e. The van der Waals surface area contributed by atoms with Crippen LogP contribution in [0.5, 0.6) is 0 Å². The van der Waals surface area contributed by atoms with Crippen LogP contribution in [0, 0.1) is 6.92 Å². The largest absolute Gasteiger partial charge is 0.275 e. The summed E-state index contributed by atoms with van der Waals surface area (Å²) in [7, 11) is 0. The molecule has 0 aliphatic rings. The maximum atomic E-state index is 13.5. The lowest BCUT2D eigenvalue weighted by Crippen LogP contribution is -2.12. The van der Waals surface area contributed by atoms with Crippen LogP contribution in [0.2, 0.25) is 0 Å². The second-order valence-corrected chi connectivity index (χ2v) is 7.49. The Balaban J connectivity index is 1.88. The average Bonchev–Trinajstić information content (AvgIpc) is 3.07. The van der Waals surface area contributed by atoms with Crippen LogP contribution in [0.4, 0.5) is 0 Å². The Hall–Kier alpha value is -3.65. The zero-order valence-corrected chi connectivity index (χ0v) is 15.4. The van der Waals surface area contributed by atoms with Crippen LogP contribution in [-0.4, -0.2) is 4.40 Å². The quantitative estimate of drug-likeness (QED) is 0.322. The fourth-order valence-electron chi connectivity index (χ4n) is 4.54. The molecule has 0 saturated heterocycles. The molecule has 0 unspecified atom stereocenters. The molecule has 6 aromatic rings. The van der Waals surface area contributed by atoms with Crippen molar-refractivity contribution < 1.29 is 0 Å². The van der Waals surface area contributed by atoms with Crippen LogP contribution >= 0.6 is 0 Å². The minimum absolute atomic E-state index is 0.0529. The van der Waals surface area contributed by atoms with E-state index in [9.17, 15) is 4.79 Å². The summed E-state index contributed by atoms with van der Waals surface area (Å²) in [6, 6.07) is 29.1. The summed E-state index contributed by atoms with van der Waals surface area (Å²) in [5.74, 6) is 0. The summed E-state index contributed by atoms with van der Waals surface area (Å²) in [5.41, 5.74) is 5.55. The van der Waals surface area contributed by atoms with Crippen LogP contribution in [-0.2, 0) is 0 Å². The first-order chi connectivity index (χ1) is 13.7. The van der Waals surface area contributed by atoms with Gasteiger partial charge in [0.25, 0.3) is 5.56 Å². The van der Waals surface area contributed by atoms with Gasteiger partial charge in [-0.15, -0.1) is 0 Å². The third-order valence-corrected chi connectivity index (χ3v) is 5.76. The van der Waals surface area contributed by atoms with Gasteiger partial charge in [0.05, 0.1) is 11.0 Å². The topological polar surface area (TPSA) is 21.5 Å². The predicted octanol–water partition coefficient (Wildman–Crippen LogP) is 6.17. The lowest BCUT2D eigenvalue weighted by molar-refractivity contribution is 1.21. The van der Waals surface area contributed by atoms with E-state index in [-0.39, 0.29) is 5.56 Å². The molecule has 2 aromatic heterocycles. The van der Waals surface area contributed by atoms with Crippen LogP contribution in [0.3, 0.4) is 0 Å². The normalized spacial score (nSPS) is 11.9. The molecular weight excluding hydrogens is 342 g/mol. The van der Waals surface area contributed by atoms with Crippen molar-refractivity contribution in [1.29, 1.82) is 0 Å². The van der Waals surface area contributed by atoms with Crippen LogP contribution < -0.4 is 5.56 Å². The second kappa shape index (κ2) is 5.43. The van der Waals surface area contributed by atoms with Gasteiger partial charge in [-0.05, 0) is 59.3 Å². The number of hydrogen-bond acceptors (Lipinski definition) is 1. The minimum Gasteiger partial charge on any atom is -0.275 e. The van der Waals surface area contributed by atoms with E-state index in [1.54, 1.807) is 0 Å². The highest BCUT2D eigenvalue weighted by Gasteiger charge is 2.17. The van der Waals surface area contributed by atoms with Crippen LogP contribution in [0.25, 0.3) is 49.1 Å². The number of aryl methyl sites for hydroxylation is 1. The van der Waals surface area contributed by atoms with Crippen molar-refractivity contribution in [3.8, 4) is 11.1 Å². The zero-order chi connectivity index (χ0) is 18.8. The molecule has 0 amide bonds. The highest BCUT2D eigenvalue weighted by Crippen LogP contribution is 2.36. The maximum Gasteiger partial charge on any atom is 0.263 e. The van der Waals surface area contributed by atoms with Gasteiger partial charge < -0.3 is 0 Å². The average molecular weight is 359 g/mol. The molecule has 0 spiro atoms. The first-order valence-corrected chi connectivity index (χ1v) is 9.51. The number of benzene rings is 4. The number of pyridine rings is 1. The standard InChI is InChI=1S/C26H17NO/c1-16-13-22-19-9-5-6-10-24(19)27-25(22)23(14-16)21-15-18(11-12-20(21)26(27)28)17-7-3-2-4-8-17/h2-15H,1H3. The van der Waals surface area contributed by atoms with E-state index in [1.807, 2.05) is 46.9 Å². The molecule has 0 aliphatic heterocycles. The van der Waals surface area contributed by atoms with Crippen molar-refractivity contribution in [3.63, 3.8) is 0 Å². The molecule has 0 atom stereocenters. The van der Waals surface area contributed by atoms with Crippen molar-refractivity contribution in [2.75, 3.05) is 0 Å². The van der Waals surface area contributed by atoms with Gasteiger partial charge in [-0.1, -0.05) is 54.6 Å². The Bertz CT molecular complexity index is 1580. The van der Waals surface area contributed by atoms with E-state index in [4.69, 9.17) is 0 Å². The molecule has 0 bridgehead atoms. The van der Waals surface area contributed by atoms with E-state index < -0.39 is 0 Å². The number of fused-ring (bicyclic) bond motifs is 5. The van der Waals surface area contributed by atoms with Crippen molar-refractivity contribution in [3.05, 3.63) is 101 Å². The van der Waals surface area contributed by atoms with Gasteiger partial charge in [0, 0.05) is 21.5 Å². The number of para-hydroxylation sites is 1. The first kappa shape index (κ1) is 15.4. The van der Waals surface area contributed by atoms with Gasteiger partial charge in [-0.2, -0.15) is 0 Å². The minimum atomic E-state index is 0.0529. The zero-order valence-electron chi connectivity index (χ0n) is 15.4. The summed E-state index contributed by atoms with van der Waals surface area (Å²) < 4.78 is 1.89. The van der Waals surface area contributed by atoms with Gasteiger partial charge in [0.1, 0.15) is 0 Å². The third kappa shape index (κ3) is 1.95. The van der Waals surface area contributed by atoms with Crippen molar-refractivity contribution in [2.24, 2.45) is 0 Å². The molecular formula is C26H17NO. The monoisotopic (exact) mass is 359 g/mol. The molecule has 6 rings (SSSR count). The Morgan fingerprint density at radius 3 is 2.14 bits per heavy atom. The van der Waals surface area contributed by atoms with Gasteiger partial charge in [0.2, 0.25) is 0 Å². The van der Waals surface area contributed by atoms with E-state index >= 15 is 0 Å². The Labute approximate surface area is 161 Å². The van der Waals surface area contributed by atoms with Crippen molar-refractivity contribution in [2.45, 2.75) is 6.92 Å². The summed E-state index contributed by atoms with van der Waals surface area (Å²) in [6.07, 6.45) is 0. The Morgan fingerprint density at radius 1 is 0.607 bits per heavy atom. The summed E-state index contributed by atoms with van der Waals surface area (Å²) in [6.45, 7) is 2.12. The summed E-state index contributed by atoms with van der Waals surface area (Å²) in [4.78, 5) is 13.5. The molecule has 132 valence electrons. The fraction of sp³-hybridized carbons (Fsp3) is 0.0385. The Kier molecular flexibility index (Phi) is 2.99. The van der Waals surface area contributed by atoms with Gasteiger partial charge in [-0.25, -0.2) is 0 Å². The van der Waals surface area contributed by atoms with Crippen LogP contribution in [0.15, 0.2) is 89.7 Å². The number of hydrogen-bond donors (Lipinski definition) is 0. The van der Waals surface area contributed by atoms with Crippen molar-refractivity contribution in [1.82, 2.24) is 4.40 Å². The van der Waals surface area contributed by atoms with E-state index in [2.05, 4.69) is 49.4 Å². The molecule has 0 saturated carbocycles. The SMILES string of the molecule is Cc1cc2c3cc(-c4ccccc4)ccc3c(=O)n3c4ccccc4c(c1)c23. The molecule has 0 fully saturated rings. The summed E-state index contributed by atoms with van der Waals surface area (Å²) >= 11 is 0. The highest BCUT2D eigenvalue weighted by molar-refractivity contribution is 6.20. The maximum absolute atomic E-state index is 13.5. The Morgan fingerprint density at radius 2 is 1.32 bits per heavy atom. The fourth-order valence-corrected chi connectivity index (χ4v) is 4.54. The van der Waals surface area contributed by atoms with E-state index in [0.29, 0.717) is 0 Å². The van der Waals surface area contributed by atoms with Gasteiger partial charge in [0.15, 0.2) is 0 Å². The second-order valence-electron chi connectivity index (χ2n) is 7.49. The number of aromatic nitrogens is 1. The first-order valence-electron chi connectivity index (χ1n) is 9.51. The highest BCUT2D eigenvalue weighted by atomic mass is 16.1. The van der Waals surface area contributed by atoms with E-state index in [0.717, 1.165) is 49.1 Å². The molecule has 2 heteroatoms. The lowest BCUT2D eigenvalue weighted by atomic mass is 9.98. The summed E-state index contributed by atoms with van der Waals surface area (Å²) in [5, 5.41) is 5.20. The van der Waals surface area contributed by atoms with Crippen molar-refractivity contribution >= 4 is 38.0 Å². The molecule has 0 radical (unpaired) electrons. The van der Waals surface area contributed by atoms with Gasteiger partial charge in [-0.3, -0.25) is 9.20 Å². The molecule has 2 nitrogen and oxygen atoms in total. The number of rotatable bonds is 1. The molecule has 0 N–H and O–H groups in total. The number of nitrogens with zero attached hydrogens (tertiary/aromatic N) is 1.